The summed E-state index contributed by atoms with van der Waals surface area (Å²) < 4.78 is 19.1. The number of aromatic nitrogens is 2. The minimum Gasteiger partial charge on any atom is -0.490 e. The Hall–Kier alpha value is -4.59. The summed E-state index contributed by atoms with van der Waals surface area (Å²) in [4.78, 5) is 18.3. The molecular formula is C32H23Cl2N3O4. The number of halogens is 2. The number of hydrogen-bond donors (Lipinski definition) is 0. The van der Waals surface area contributed by atoms with Crippen molar-refractivity contribution in [3.05, 3.63) is 123 Å². The smallest absolute Gasteiger partial charge is 0.282 e. The number of para-hydroxylation sites is 2. The Balaban J connectivity index is 1.39. The third-order valence-corrected chi connectivity index (χ3v) is 6.88. The molecule has 7 nitrogen and oxygen atoms in total. The van der Waals surface area contributed by atoms with Crippen molar-refractivity contribution in [2.75, 3.05) is 6.61 Å². The van der Waals surface area contributed by atoms with Gasteiger partial charge in [-0.3, -0.25) is 4.79 Å². The van der Waals surface area contributed by atoms with E-state index in [1.807, 2.05) is 55.5 Å². The van der Waals surface area contributed by atoms with Gasteiger partial charge in [0.25, 0.3) is 5.56 Å². The van der Waals surface area contributed by atoms with Crippen molar-refractivity contribution >= 4 is 51.3 Å². The molecule has 6 rings (SSSR count). The molecule has 0 aliphatic rings. The fraction of sp³-hybridized carbons (Fsp3) is 0.0938. The van der Waals surface area contributed by atoms with Crippen LogP contribution in [0.15, 0.2) is 105 Å². The van der Waals surface area contributed by atoms with Crippen LogP contribution in [0, 0.1) is 0 Å². The summed E-state index contributed by atoms with van der Waals surface area (Å²) in [5.74, 6) is 1.57. The predicted octanol–water partition coefficient (Wildman–Crippen LogP) is 7.98. The Kier molecular flexibility index (Phi) is 7.46. The third-order valence-electron chi connectivity index (χ3n) is 6.35. The lowest BCUT2D eigenvalue weighted by atomic mass is 10.2. The summed E-state index contributed by atoms with van der Waals surface area (Å²) in [5, 5.41) is 6.85. The number of hydrogen-bond acceptors (Lipinski definition) is 6. The average Bonchev–Trinajstić information content (AvgIpc) is 3.42. The SMILES string of the molecule is CCOc1cc(C=Nn2c(-c3cc4ccccc4o3)nc3ccccc3c2=O)cc(Cl)c1OCc1ccc(Cl)cc1. The zero-order valence-corrected chi connectivity index (χ0v) is 23.4. The van der Waals surface area contributed by atoms with Gasteiger partial charge in [-0.25, -0.2) is 4.98 Å². The van der Waals surface area contributed by atoms with Crippen LogP contribution in [-0.2, 0) is 6.61 Å². The van der Waals surface area contributed by atoms with Crippen LogP contribution in [-0.4, -0.2) is 22.5 Å². The monoisotopic (exact) mass is 583 g/mol. The first-order valence-corrected chi connectivity index (χ1v) is 13.6. The Morgan fingerprint density at radius 3 is 2.54 bits per heavy atom. The molecule has 0 saturated heterocycles. The molecule has 204 valence electrons. The molecule has 0 spiro atoms. The van der Waals surface area contributed by atoms with E-state index in [0.29, 0.717) is 56.0 Å². The van der Waals surface area contributed by atoms with E-state index in [1.54, 1.807) is 42.5 Å². The summed E-state index contributed by atoms with van der Waals surface area (Å²) in [6.07, 6.45) is 1.53. The first-order chi connectivity index (χ1) is 20.0. The van der Waals surface area contributed by atoms with Crippen molar-refractivity contribution in [3.8, 4) is 23.1 Å². The highest BCUT2D eigenvalue weighted by atomic mass is 35.5. The lowest BCUT2D eigenvalue weighted by Crippen LogP contribution is -2.20. The second-order valence-corrected chi connectivity index (χ2v) is 9.98. The maximum Gasteiger partial charge on any atom is 0.282 e. The van der Waals surface area contributed by atoms with Gasteiger partial charge in [-0.1, -0.05) is 65.7 Å². The van der Waals surface area contributed by atoms with Crippen molar-refractivity contribution in [2.45, 2.75) is 13.5 Å². The van der Waals surface area contributed by atoms with Gasteiger partial charge in [0, 0.05) is 10.4 Å². The summed E-state index contributed by atoms with van der Waals surface area (Å²) in [7, 11) is 0. The molecule has 0 aliphatic carbocycles. The van der Waals surface area contributed by atoms with E-state index in [0.717, 1.165) is 10.9 Å². The highest BCUT2D eigenvalue weighted by molar-refractivity contribution is 6.32. The van der Waals surface area contributed by atoms with E-state index in [4.69, 9.17) is 42.1 Å². The van der Waals surface area contributed by atoms with Crippen molar-refractivity contribution < 1.29 is 13.9 Å². The van der Waals surface area contributed by atoms with Gasteiger partial charge in [-0.15, -0.1) is 0 Å². The second-order valence-electron chi connectivity index (χ2n) is 9.14. The quantitative estimate of drug-likeness (QED) is 0.170. The van der Waals surface area contributed by atoms with Crippen LogP contribution in [0.3, 0.4) is 0 Å². The largest absolute Gasteiger partial charge is 0.490 e. The molecule has 2 heterocycles. The normalized spacial score (nSPS) is 11.5. The van der Waals surface area contributed by atoms with Crippen molar-refractivity contribution in [3.63, 3.8) is 0 Å². The zero-order valence-electron chi connectivity index (χ0n) is 21.9. The van der Waals surface area contributed by atoms with E-state index in [2.05, 4.69) is 5.10 Å². The van der Waals surface area contributed by atoms with Gasteiger partial charge in [0.1, 0.15) is 12.2 Å². The summed E-state index contributed by atoms with van der Waals surface area (Å²) in [6, 6.07) is 27.4. The molecular weight excluding hydrogens is 561 g/mol. The molecule has 0 aliphatic heterocycles. The Morgan fingerprint density at radius 1 is 0.951 bits per heavy atom. The number of rotatable bonds is 8. The van der Waals surface area contributed by atoms with Crippen LogP contribution in [0.4, 0.5) is 0 Å². The molecule has 0 saturated carbocycles. The van der Waals surface area contributed by atoms with Crippen LogP contribution < -0.4 is 15.0 Å². The topological polar surface area (TPSA) is 78.9 Å². The second kappa shape index (κ2) is 11.5. The fourth-order valence-corrected chi connectivity index (χ4v) is 4.81. The number of nitrogens with zero attached hydrogens (tertiary/aromatic N) is 3. The minimum atomic E-state index is -0.332. The van der Waals surface area contributed by atoms with Crippen LogP contribution in [0.5, 0.6) is 11.5 Å². The predicted molar refractivity (Wildman–Crippen MR) is 163 cm³/mol. The van der Waals surface area contributed by atoms with Gasteiger partial charge in [-0.05, 0) is 66.6 Å². The van der Waals surface area contributed by atoms with E-state index in [-0.39, 0.29) is 18.0 Å². The van der Waals surface area contributed by atoms with Crippen LogP contribution in [0.2, 0.25) is 10.0 Å². The first kappa shape index (κ1) is 26.6. The molecule has 6 aromatic rings. The van der Waals surface area contributed by atoms with Crippen LogP contribution in [0.1, 0.15) is 18.1 Å². The molecule has 0 N–H and O–H groups in total. The van der Waals surface area contributed by atoms with Gasteiger partial charge in [-0.2, -0.15) is 9.78 Å². The molecule has 41 heavy (non-hydrogen) atoms. The fourth-order valence-electron chi connectivity index (χ4n) is 4.41. The number of fused-ring (bicyclic) bond motifs is 2. The van der Waals surface area contributed by atoms with E-state index in [9.17, 15) is 4.79 Å². The lowest BCUT2D eigenvalue weighted by molar-refractivity contribution is 0.269. The zero-order chi connectivity index (χ0) is 28.3. The van der Waals surface area contributed by atoms with Crippen LogP contribution >= 0.6 is 23.2 Å². The molecule has 4 aromatic carbocycles. The van der Waals surface area contributed by atoms with E-state index >= 15 is 0 Å². The van der Waals surface area contributed by atoms with Crippen molar-refractivity contribution in [2.24, 2.45) is 5.10 Å². The van der Waals surface area contributed by atoms with Gasteiger partial charge >= 0.3 is 0 Å². The highest BCUT2D eigenvalue weighted by Crippen LogP contribution is 2.37. The summed E-state index contributed by atoms with van der Waals surface area (Å²) in [6.45, 7) is 2.56. The molecule has 2 aromatic heterocycles. The molecule has 0 unspecified atom stereocenters. The number of ether oxygens (including phenoxy) is 2. The van der Waals surface area contributed by atoms with E-state index < -0.39 is 0 Å². The molecule has 0 atom stereocenters. The Bertz CT molecular complexity index is 1930. The molecule has 0 bridgehead atoms. The van der Waals surface area contributed by atoms with Crippen molar-refractivity contribution in [1.82, 2.24) is 9.66 Å². The Morgan fingerprint density at radius 2 is 1.73 bits per heavy atom. The first-order valence-electron chi connectivity index (χ1n) is 12.9. The summed E-state index contributed by atoms with van der Waals surface area (Å²) >= 11 is 12.6. The number of benzene rings is 4. The lowest BCUT2D eigenvalue weighted by Gasteiger charge is -2.14. The maximum absolute atomic E-state index is 13.6. The average molecular weight is 584 g/mol. The number of furan rings is 1. The summed E-state index contributed by atoms with van der Waals surface area (Å²) in [5.41, 5.74) is 2.43. The van der Waals surface area contributed by atoms with Crippen LogP contribution in [0.25, 0.3) is 33.5 Å². The highest BCUT2D eigenvalue weighted by Gasteiger charge is 2.17. The third kappa shape index (κ3) is 5.55. The molecule has 0 amide bonds. The molecule has 9 heteroatoms. The van der Waals surface area contributed by atoms with Gasteiger partial charge in [0.2, 0.25) is 5.82 Å². The maximum atomic E-state index is 13.6. The Labute approximate surface area is 245 Å². The molecule has 0 radical (unpaired) electrons. The van der Waals surface area contributed by atoms with Crippen molar-refractivity contribution in [1.29, 1.82) is 0 Å². The van der Waals surface area contributed by atoms with Gasteiger partial charge in [0.15, 0.2) is 17.3 Å². The minimum absolute atomic E-state index is 0.278. The standard InChI is InChI=1S/C32H23Cl2N3O4/c1-2-39-28-16-21(15-25(34)30(28)40-19-20-11-13-23(33)14-12-20)18-35-37-31(29-17-22-7-3-6-10-27(22)41-29)36-26-9-5-4-8-24(26)32(37)38/h3-18H,2,19H2,1H3. The van der Waals surface area contributed by atoms with Gasteiger partial charge < -0.3 is 13.9 Å². The molecule has 0 fully saturated rings. The van der Waals surface area contributed by atoms with E-state index in [1.165, 1.54) is 10.9 Å². The van der Waals surface area contributed by atoms with Gasteiger partial charge in [0.05, 0.1) is 28.7 Å².